The van der Waals surface area contributed by atoms with Crippen LogP contribution in [0.5, 0.6) is 0 Å². The van der Waals surface area contributed by atoms with E-state index in [9.17, 15) is 9.90 Å². The van der Waals surface area contributed by atoms with Crippen molar-refractivity contribution < 1.29 is 61.3 Å². The van der Waals surface area contributed by atoms with E-state index in [0.717, 1.165) is 0 Å². The number of likely N-dealkylation sites (tertiary alicyclic amines) is 1. The van der Waals surface area contributed by atoms with Crippen LogP contribution in [0.15, 0.2) is 60.5 Å². The first-order valence-corrected chi connectivity index (χ1v) is 9.24. The van der Waals surface area contributed by atoms with Gasteiger partial charge < -0.3 is 10.0 Å². The van der Waals surface area contributed by atoms with E-state index in [1.165, 1.54) is 31.1 Å². The molecule has 4 rings (SSSR count). The zero-order valence-electron chi connectivity index (χ0n) is 16.8. The van der Waals surface area contributed by atoms with Gasteiger partial charge in [-0.1, -0.05) is 6.07 Å². The van der Waals surface area contributed by atoms with Gasteiger partial charge in [-0.05, 0) is 62.5 Å². The van der Waals surface area contributed by atoms with Gasteiger partial charge in [0, 0.05) is 55.6 Å². The third-order valence-electron chi connectivity index (χ3n) is 5.09. The molecule has 0 amide bonds. The summed E-state index contributed by atoms with van der Waals surface area (Å²) in [5, 5.41) is 11.6. The fraction of sp³-hybridized carbons (Fsp3) is 0.381. The number of hydrogen-bond acceptors (Lipinski definition) is 6. The maximum absolute atomic E-state index is 11.9. The van der Waals surface area contributed by atoms with E-state index in [1.807, 2.05) is 18.5 Å². The third-order valence-corrected chi connectivity index (χ3v) is 5.09. The van der Waals surface area contributed by atoms with Crippen LogP contribution < -0.4 is 56.5 Å². The van der Waals surface area contributed by atoms with E-state index in [-0.39, 0.29) is 63.1 Å². The van der Waals surface area contributed by atoms with Gasteiger partial charge in [0.25, 0.3) is 0 Å². The van der Waals surface area contributed by atoms with E-state index in [1.54, 1.807) is 30.3 Å². The first kappa shape index (κ1) is 23.2. The largest absolute Gasteiger partial charge is 1.00 e. The number of nitrogens with zero attached hydrogens (tertiary/aromatic N) is 4. The number of pyridine rings is 2. The van der Waals surface area contributed by atoms with Gasteiger partial charge in [-0.2, -0.15) is 0 Å². The van der Waals surface area contributed by atoms with Gasteiger partial charge in [0.2, 0.25) is 0 Å². The fourth-order valence-corrected chi connectivity index (χ4v) is 3.50. The molecule has 4 heterocycles. The van der Waals surface area contributed by atoms with Crippen molar-refractivity contribution in [3.8, 4) is 0 Å². The predicted molar refractivity (Wildman–Crippen MR) is 102 cm³/mol. The maximum Gasteiger partial charge on any atom is 1.00 e. The topological polar surface area (TPSA) is 72.4 Å². The Morgan fingerprint density at radius 3 is 2.32 bits per heavy atom. The van der Waals surface area contributed by atoms with Crippen molar-refractivity contribution in [3.63, 3.8) is 0 Å². The van der Waals surface area contributed by atoms with Crippen molar-refractivity contribution in [2.45, 2.75) is 25.3 Å². The SMILES string of the molecule is CN1CCC(C(=O)c2cccnc2)=C1[O-].CN1CCCC1c1cccnc1.[K+]. The number of rotatable bonds is 3. The van der Waals surface area contributed by atoms with Gasteiger partial charge in [-0.3, -0.25) is 19.7 Å². The second-order valence-electron chi connectivity index (χ2n) is 6.95. The molecule has 0 saturated carbocycles. The Kier molecular flexibility index (Phi) is 9.26. The third kappa shape index (κ3) is 5.72. The van der Waals surface area contributed by atoms with Crippen LogP contribution in [0.25, 0.3) is 0 Å². The first-order chi connectivity index (χ1) is 13.1. The molecule has 0 aliphatic carbocycles. The van der Waals surface area contributed by atoms with E-state index in [0.29, 0.717) is 30.1 Å². The average molecular weight is 405 g/mol. The monoisotopic (exact) mass is 404 g/mol. The summed E-state index contributed by atoms with van der Waals surface area (Å²) in [6.07, 6.45) is 10.0. The quantitative estimate of drug-likeness (QED) is 0.484. The number of ketones is 1. The molecule has 0 bridgehead atoms. The van der Waals surface area contributed by atoms with Crippen molar-refractivity contribution in [2.75, 3.05) is 27.2 Å². The van der Waals surface area contributed by atoms with Crippen molar-refractivity contribution in [3.05, 3.63) is 71.6 Å². The Balaban J connectivity index is 0.000000198. The predicted octanol–water partition coefficient (Wildman–Crippen LogP) is -0.976. The summed E-state index contributed by atoms with van der Waals surface area (Å²) in [4.78, 5) is 23.8. The molecule has 0 aromatic carbocycles. The van der Waals surface area contributed by atoms with Crippen LogP contribution >= 0.6 is 0 Å². The molecule has 0 spiro atoms. The van der Waals surface area contributed by atoms with Gasteiger partial charge in [0.1, 0.15) is 0 Å². The number of carbonyl (C=O) groups is 1. The Labute approximate surface area is 209 Å². The zero-order valence-corrected chi connectivity index (χ0v) is 20.0. The van der Waals surface area contributed by atoms with E-state index >= 15 is 0 Å². The standard InChI is InChI=1S/C11H12N2O2.C10H14N2.K/c1-13-6-4-9(11(13)15)10(14)8-3-2-5-12-7-8;1-12-7-3-5-10(12)9-4-2-6-11-8-9;/h2-3,5,7,15H,4,6H2,1H3;2,4,6,8,10H,3,5,7H2,1H3;/q;;+1/p-1. The van der Waals surface area contributed by atoms with Crippen molar-refractivity contribution in [1.82, 2.24) is 19.8 Å². The van der Waals surface area contributed by atoms with E-state index in [4.69, 9.17) is 0 Å². The van der Waals surface area contributed by atoms with Crippen molar-refractivity contribution in [1.29, 1.82) is 0 Å². The molecule has 2 aliphatic rings. The second-order valence-corrected chi connectivity index (χ2v) is 6.95. The van der Waals surface area contributed by atoms with Crippen molar-refractivity contribution in [2.24, 2.45) is 0 Å². The maximum atomic E-state index is 11.9. The first-order valence-electron chi connectivity index (χ1n) is 9.24. The van der Waals surface area contributed by atoms with Crippen LogP contribution in [0.1, 0.15) is 41.2 Å². The molecule has 0 radical (unpaired) electrons. The van der Waals surface area contributed by atoms with Gasteiger partial charge >= 0.3 is 51.4 Å². The fourth-order valence-electron chi connectivity index (χ4n) is 3.50. The molecular formula is C21H25KN4O2. The Hall–Kier alpha value is -1.09. The minimum Gasteiger partial charge on any atom is -0.860 e. The van der Waals surface area contributed by atoms with Crippen LogP contribution in [-0.4, -0.2) is 52.7 Å². The molecular weight excluding hydrogens is 379 g/mol. The normalized spacial score (nSPS) is 19.1. The summed E-state index contributed by atoms with van der Waals surface area (Å²) in [6.45, 7) is 1.85. The van der Waals surface area contributed by atoms with Gasteiger partial charge in [-0.15, -0.1) is 0 Å². The molecule has 2 aromatic heterocycles. The minimum atomic E-state index is -0.197. The second kappa shape index (κ2) is 11.2. The molecule has 28 heavy (non-hydrogen) atoms. The summed E-state index contributed by atoms with van der Waals surface area (Å²) in [5.74, 6) is -0.360. The smallest absolute Gasteiger partial charge is 0.860 e. The summed E-state index contributed by atoms with van der Waals surface area (Å²) >= 11 is 0. The molecule has 1 fully saturated rings. The summed E-state index contributed by atoms with van der Waals surface area (Å²) in [6, 6.07) is 8.16. The molecule has 2 aromatic rings. The van der Waals surface area contributed by atoms with E-state index < -0.39 is 0 Å². The van der Waals surface area contributed by atoms with Crippen LogP contribution in [0, 0.1) is 0 Å². The number of aromatic nitrogens is 2. The molecule has 0 N–H and O–H groups in total. The van der Waals surface area contributed by atoms with Gasteiger partial charge in [0.15, 0.2) is 5.78 Å². The van der Waals surface area contributed by atoms with Crippen molar-refractivity contribution >= 4 is 5.78 Å². The molecule has 142 valence electrons. The molecule has 7 heteroatoms. The molecule has 1 saturated heterocycles. The molecule has 1 unspecified atom stereocenters. The van der Waals surface area contributed by atoms with E-state index in [2.05, 4.69) is 28.0 Å². The zero-order chi connectivity index (χ0) is 19.2. The molecule has 2 aliphatic heterocycles. The minimum absolute atomic E-state index is 0. The van der Waals surface area contributed by atoms with Gasteiger partial charge in [0.05, 0.1) is 0 Å². The Morgan fingerprint density at radius 2 is 1.82 bits per heavy atom. The summed E-state index contributed by atoms with van der Waals surface area (Å²) in [7, 11) is 3.89. The number of hydrogen-bond donors (Lipinski definition) is 0. The van der Waals surface area contributed by atoms with Crippen LogP contribution in [-0.2, 0) is 0 Å². The summed E-state index contributed by atoms with van der Waals surface area (Å²) in [5.41, 5.74) is 2.21. The number of carbonyl (C=O) groups excluding carboxylic acids is 1. The molecule has 1 atom stereocenters. The average Bonchev–Trinajstić information content (AvgIpc) is 3.29. The van der Waals surface area contributed by atoms with Crippen LogP contribution in [0.2, 0.25) is 0 Å². The Morgan fingerprint density at radius 1 is 1.11 bits per heavy atom. The number of Topliss-reactive ketones (excluding diaryl/α,β-unsaturated/α-hetero) is 1. The van der Waals surface area contributed by atoms with Crippen LogP contribution in [0.3, 0.4) is 0 Å². The van der Waals surface area contributed by atoms with Crippen LogP contribution in [0.4, 0.5) is 0 Å². The Bertz CT molecular complexity index is 799. The van der Waals surface area contributed by atoms with Gasteiger partial charge in [-0.25, -0.2) is 0 Å². The summed E-state index contributed by atoms with van der Waals surface area (Å²) < 4.78 is 0. The molecule has 6 nitrogen and oxygen atoms in total.